The summed E-state index contributed by atoms with van der Waals surface area (Å²) < 4.78 is 24.1. The maximum Gasteiger partial charge on any atom is 0.411 e. The van der Waals surface area contributed by atoms with Gasteiger partial charge in [0.1, 0.15) is 17.6 Å². The Balaban J connectivity index is 1.41. The van der Waals surface area contributed by atoms with Gasteiger partial charge in [0.25, 0.3) is 0 Å². The Kier molecular flexibility index (Phi) is 8.08. The van der Waals surface area contributed by atoms with Crippen molar-refractivity contribution in [3.8, 4) is 0 Å². The first-order chi connectivity index (χ1) is 18.1. The summed E-state index contributed by atoms with van der Waals surface area (Å²) in [5, 5.41) is 0. The molecule has 5 rings (SSSR count). The van der Waals surface area contributed by atoms with Gasteiger partial charge in [-0.2, -0.15) is 0 Å². The number of carbonyl (C=O) groups is 2. The normalized spacial score (nSPS) is 24.8. The van der Waals surface area contributed by atoms with Crippen molar-refractivity contribution in [2.45, 2.75) is 54.8 Å². The fraction of sp³-hybridized carbons (Fsp3) is 0.310. The first-order valence-corrected chi connectivity index (χ1v) is 13.1. The number of fused-ring (bicyclic) bond motifs is 1. The molecule has 1 amide bonds. The topological polar surface area (TPSA) is 74.3 Å². The summed E-state index contributed by atoms with van der Waals surface area (Å²) in [5.41, 5.74) is 1.54. The van der Waals surface area contributed by atoms with Crippen LogP contribution in [0.5, 0.6) is 0 Å². The standard InChI is InChI=1S/C29H29NO6S/c1-20(31)34-26-24(19-33-18-22-13-7-3-8-14-22)35-28(37-23-15-9-4-10-16-23)25-27(26)36-29(32)30(25)17-21-11-5-2-6-12-21/h2-16,24-28H,17-19H2,1H3/t24?,25?,26-,27+,28?/m0/s1. The summed E-state index contributed by atoms with van der Waals surface area (Å²) in [4.78, 5) is 27.9. The average Bonchev–Trinajstić information content (AvgIpc) is 3.23. The van der Waals surface area contributed by atoms with E-state index in [1.54, 1.807) is 4.90 Å². The van der Waals surface area contributed by atoms with Crippen LogP contribution in [-0.2, 0) is 36.9 Å². The lowest BCUT2D eigenvalue weighted by molar-refractivity contribution is -0.195. The van der Waals surface area contributed by atoms with E-state index in [1.807, 2.05) is 91.0 Å². The van der Waals surface area contributed by atoms with Crippen LogP contribution in [0.25, 0.3) is 0 Å². The molecule has 0 saturated carbocycles. The van der Waals surface area contributed by atoms with Crippen LogP contribution in [-0.4, -0.2) is 53.4 Å². The van der Waals surface area contributed by atoms with Crippen molar-refractivity contribution in [1.29, 1.82) is 0 Å². The van der Waals surface area contributed by atoms with E-state index in [1.165, 1.54) is 18.7 Å². The molecule has 0 bridgehead atoms. The van der Waals surface area contributed by atoms with Crippen LogP contribution in [0.3, 0.4) is 0 Å². The summed E-state index contributed by atoms with van der Waals surface area (Å²) in [6, 6.07) is 29.0. The zero-order chi connectivity index (χ0) is 25.6. The van der Waals surface area contributed by atoms with Crippen LogP contribution in [0.15, 0.2) is 95.9 Å². The van der Waals surface area contributed by atoms with Gasteiger partial charge < -0.3 is 18.9 Å². The number of ether oxygens (including phenoxy) is 4. The van der Waals surface area contributed by atoms with E-state index in [-0.39, 0.29) is 6.61 Å². The summed E-state index contributed by atoms with van der Waals surface area (Å²) in [6.07, 6.45) is -2.56. The molecule has 0 spiro atoms. The summed E-state index contributed by atoms with van der Waals surface area (Å²) >= 11 is 1.52. The Morgan fingerprint density at radius 3 is 2.19 bits per heavy atom. The third kappa shape index (κ3) is 6.15. The second-order valence-corrected chi connectivity index (χ2v) is 10.2. The third-order valence-electron chi connectivity index (χ3n) is 6.33. The zero-order valence-electron chi connectivity index (χ0n) is 20.5. The van der Waals surface area contributed by atoms with Crippen molar-refractivity contribution < 1.29 is 28.5 Å². The molecule has 0 aliphatic carbocycles. The molecule has 0 radical (unpaired) electrons. The molecule has 2 saturated heterocycles. The first kappa shape index (κ1) is 25.3. The molecule has 3 aromatic carbocycles. The van der Waals surface area contributed by atoms with Gasteiger partial charge in [-0.25, -0.2) is 4.79 Å². The van der Waals surface area contributed by atoms with Crippen LogP contribution < -0.4 is 0 Å². The zero-order valence-corrected chi connectivity index (χ0v) is 21.3. The molecule has 7 nitrogen and oxygen atoms in total. The van der Waals surface area contributed by atoms with Gasteiger partial charge in [0, 0.05) is 18.4 Å². The fourth-order valence-corrected chi connectivity index (χ4v) is 5.90. The number of rotatable bonds is 9. The van der Waals surface area contributed by atoms with Crippen LogP contribution in [0.2, 0.25) is 0 Å². The largest absolute Gasteiger partial charge is 0.456 e. The Labute approximate surface area is 220 Å². The van der Waals surface area contributed by atoms with Gasteiger partial charge in [0.15, 0.2) is 12.2 Å². The maximum absolute atomic E-state index is 13.1. The van der Waals surface area contributed by atoms with E-state index in [2.05, 4.69) is 0 Å². The molecule has 2 heterocycles. The van der Waals surface area contributed by atoms with Crippen LogP contribution in [0, 0.1) is 0 Å². The molecule has 0 N–H and O–H groups in total. The Morgan fingerprint density at radius 2 is 1.54 bits per heavy atom. The third-order valence-corrected chi connectivity index (χ3v) is 7.50. The Hall–Kier alpha value is -3.33. The van der Waals surface area contributed by atoms with E-state index in [4.69, 9.17) is 18.9 Å². The van der Waals surface area contributed by atoms with Crippen LogP contribution in [0.1, 0.15) is 18.1 Å². The summed E-state index contributed by atoms with van der Waals surface area (Å²) in [5.74, 6) is -0.466. The monoisotopic (exact) mass is 519 g/mol. The Bertz CT molecular complexity index is 1180. The van der Waals surface area contributed by atoms with Crippen molar-refractivity contribution in [2.24, 2.45) is 0 Å². The first-order valence-electron chi connectivity index (χ1n) is 12.3. The molecule has 8 heteroatoms. The van der Waals surface area contributed by atoms with Crippen LogP contribution >= 0.6 is 11.8 Å². The minimum atomic E-state index is -0.796. The lowest BCUT2D eigenvalue weighted by Crippen LogP contribution is -2.60. The highest BCUT2D eigenvalue weighted by Gasteiger charge is 2.57. The van der Waals surface area contributed by atoms with E-state index < -0.39 is 41.9 Å². The number of hydrogen-bond donors (Lipinski definition) is 0. The maximum atomic E-state index is 13.1. The number of carbonyl (C=O) groups excluding carboxylic acids is 2. The molecule has 192 valence electrons. The molecule has 0 aromatic heterocycles. The predicted molar refractivity (Wildman–Crippen MR) is 139 cm³/mol. The SMILES string of the molecule is CC(=O)O[C@H]1C(COCc2ccccc2)OC(Sc2ccccc2)C2[C@H]1OC(=O)N2Cc1ccccc1. The number of esters is 1. The number of nitrogens with zero attached hydrogens (tertiary/aromatic N) is 1. The number of thioether (sulfide) groups is 1. The quantitative estimate of drug-likeness (QED) is 0.367. The molecule has 2 aliphatic rings. The van der Waals surface area contributed by atoms with Gasteiger partial charge in [-0.3, -0.25) is 9.69 Å². The highest BCUT2D eigenvalue weighted by atomic mass is 32.2. The number of amides is 1. The second-order valence-electron chi connectivity index (χ2n) is 9.00. The minimum absolute atomic E-state index is 0.179. The smallest absolute Gasteiger partial charge is 0.411 e. The van der Waals surface area contributed by atoms with Crippen molar-refractivity contribution >= 4 is 23.8 Å². The molecule has 5 atom stereocenters. The lowest BCUT2D eigenvalue weighted by atomic mass is 9.97. The highest BCUT2D eigenvalue weighted by molar-refractivity contribution is 7.99. The molecule has 37 heavy (non-hydrogen) atoms. The van der Waals surface area contributed by atoms with Gasteiger partial charge >= 0.3 is 12.1 Å². The average molecular weight is 520 g/mol. The van der Waals surface area contributed by atoms with Crippen molar-refractivity contribution in [3.05, 3.63) is 102 Å². The van der Waals surface area contributed by atoms with Gasteiger partial charge in [-0.1, -0.05) is 90.6 Å². The van der Waals surface area contributed by atoms with Gasteiger partial charge in [-0.15, -0.1) is 0 Å². The minimum Gasteiger partial charge on any atom is -0.456 e. The molecule has 3 aromatic rings. The molecular formula is C29H29NO6S. The summed E-state index contributed by atoms with van der Waals surface area (Å²) in [6.45, 7) is 2.27. The number of benzene rings is 3. The molecule has 2 aliphatic heterocycles. The van der Waals surface area contributed by atoms with Crippen LogP contribution in [0.4, 0.5) is 4.79 Å². The second kappa shape index (κ2) is 11.8. The van der Waals surface area contributed by atoms with Crippen molar-refractivity contribution in [3.63, 3.8) is 0 Å². The van der Waals surface area contributed by atoms with Gasteiger partial charge in [-0.05, 0) is 23.3 Å². The van der Waals surface area contributed by atoms with E-state index in [9.17, 15) is 9.59 Å². The predicted octanol–water partition coefficient (Wildman–Crippen LogP) is 5.04. The fourth-order valence-electron chi connectivity index (χ4n) is 4.67. The van der Waals surface area contributed by atoms with E-state index >= 15 is 0 Å². The lowest BCUT2D eigenvalue weighted by Gasteiger charge is -2.43. The van der Waals surface area contributed by atoms with Gasteiger partial charge in [0.2, 0.25) is 0 Å². The van der Waals surface area contributed by atoms with E-state index in [0.29, 0.717) is 13.2 Å². The van der Waals surface area contributed by atoms with Gasteiger partial charge in [0.05, 0.1) is 13.2 Å². The van der Waals surface area contributed by atoms with Crippen molar-refractivity contribution in [1.82, 2.24) is 4.90 Å². The summed E-state index contributed by atoms with van der Waals surface area (Å²) in [7, 11) is 0. The molecular weight excluding hydrogens is 490 g/mol. The molecule has 3 unspecified atom stereocenters. The molecule has 2 fully saturated rings. The van der Waals surface area contributed by atoms with E-state index in [0.717, 1.165) is 16.0 Å². The van der Waals surface area contributed by atoms with Crippen molar-refractivity contribution in [2.75, 3.05) is 6.61 Å². The Morgan fingerprint density at radius 1 is 0.919 bits per heavy atom. The number of hydrogen-bond acceptors (Lipinski definition) is 7. The highest BCUT2D eigenvalue weighted by Crippen LogP contribution is 2.41.